The molecule has 86 valence electrons. The minimum Gasteiger partial charge on any atom is -0.454 e. The van der Waals surface area contributed by atoms with Crippen LogP contribution in [0.15, 0.2) is 28.0 Å². The molecule has 2 rings (SSSR count). The van der Waals surface area contributed by atoms with Crippen LogP contribution in [0.4, 0.5) is 0 Å². The first kappa shape index (κ1) is 12.1. The second-order valence-electron chi connectivity index (χ2n) is 3.53. The molecule has 0 saturated carbocycles. The molecule has 16 heavy (non-hydrogen) atoms. The van der Waals surface area contributed by atoms with Crippen molar-refractivity contribution < 1.29 is 4.42 Å². The number of hydrogen-bond acceptors (Lipinski definition) is 3. The van der Waals surface area contributed by atoms with Crippen molar-refractivity contribution in [2.45, 2.75) is 26.4 Å². The molecule has 0 amide bonds. The summed E-state index contributed by atoms with van der Waals surface area (Å²) >= 11 is 4.00. The van der Waals surface area contributed by atoms with E-state index in [1.165, 1.54) is 10.4 Å². The number of furan rings is 1. The Hall–Kier alpha value is -0.330. The van der Waals surface area contributed by atoms with Gasteiger partial charge in [-0.1, -0.05) is 6.92 Å². The number of thiophene rings is 1. The van der Waals surface area contributed by atoms with Crippen LogP contribution in [0.1, 0.15) is 23.1 Å². The molecule has 1 N–H and O–H groups in total. The van der Waals surface area contributed by atoms with E-state index >= 15 is 0 Å². The Morgan fingerprint density at radius 1 is 1.31 bits per heavy atom. The standard InChI is InChI=1S/C12H14INOS/c1-2-9-5-6-16-11(9)8-14-7-10-3-4-12(13)15-10/h3-6,14H,2,7-8H2,1H3. The summed E-state index contributed by atoms with van der Waals surface area (Å²) in [6.07, 6.45) is 1.11. The first-order chi connectivity index (χ1) is 7.79. The molecule has 0 aromatic carbocycles. The normalized spacial score (nSPS) is 10.9. The molecule has 0 radical (unpaired) electrons. The summed E-state index contributed by atoms with van der Waals surface area (Å²) in [6.45, 7) is 3.92. The highest BCUT2D eigenvalue weighted by molar-refractivity contribution is 14.1. The van der Waals surface area contributed by atoms with Gasteiger partial charge in [0.25, 0.3) is 0 Å². The van der Waals surface area contributed by atoms with Crippen molar-refractivity contribution in [3.8, 4) is 0 Å². The maximum atomic E-state index is 5.49. The van der Waals surface area contributed by atoms with Gasteiger partial charge in [-0.25, -0.2) is 0 Å². The van der Waals surface area contributed by atoms with E-state index in [1.54, 1.807) is 0 Å². The minimum absolute atomic E-state index is 0.796. The van der Waals surface area contributed by atoms with Gasteiger partial charge in [0.05, 0.1) is 6.54 Å². The molecule has 0 aliphatic carbocycles. The maximum absolute atomic E-state index is 5.49. The third-order valence-electron chi connectivity index (χ3n) is 2.43. The monoisotopic (exact) mass is 347 g/mol. The van der Waals surface area contributed by atoms with Crippen LogP contribution < -0.4 is 5.32 Å². The number of hydrogen-bond donors (Lipinski definition) is 1. The van der Waals surface area contributed by atoms with Crippen LogP contribution in [0.2, 0.25) is 0 Å². The van der Waals surface area contributed by atoms with Crippen molar-refractivity contribution in [3.05, 3.63) is 43.5 Å². The van der Waals surface area contributed by atoms with Gasteiger partial charge in [-0.15, -0.1) is 11.3 Å². The summed E-state index contributed by atoms with van der Waals surface area (Å²) in [5.41, 5.74) is 1.45. The minimum atomic E-state index is 0.796. The van der Waals surface area contributed by atoms with Gasteiger partial charge in [0, 0.05) is 11.4 Å². The molecule has 0 unspecified atom stereocenters. The zero-order chi connectivity index (χ0) is 11.4. The van der Waals surface area contributed by atoms with Gasteiger partial charge in [-0.2, -0.15) is 0 Å². The number of rotatable bonds is 5. The summed E-state index contributed by atoms with van der Waals surface area (Å²) < 4.78 is 6.43. The Morgan fingerprint density at radius 2 is 2.19 bits per heavy atom. The lowest BCUT2D eigenvalue weighted by atomic mass is 10.2. The molecule has 0 spiro atoms. The second-order valence-corrected chi connectivity index (χ2v) is 5.60. The lowest BCUT2D eigenvalue weighted by Gasteiger charge is -2.02. The quantitative estimate of drug-likeness (QED) is 0.833. The topological polar surface area (TPSA) is 25.2 Å². The second kappa shape index (κ2) is 5.84. The zero-order valence-corrected chi connectivity index (χ0v) is 12.1. The van der Waals surface area contributed by atoms with Gasteiger partial charge in [-0.3, -0.25) is 0 Å². The average molecular weight is 347 g/mol. The summed E-state index contributed by atoms with van der Waals surface area (Å²) in [5, 5.41) is 5.56. The molecule has 0 aliphatic heterocycles. The van der Waals surface area contributed by atoms with Crippen LogP contribution >= 0.6 is 33.9 Å². The molecular weight excluding hydrogens is 333 g/mol. The van der Waals surface area contributed by atoms with Gasteiger partial charge in [-0.05, 0) is 58.2 Å². The van der Waals surface area contributed by atoms with Crippen molar-refractivity contribution in [2.75, 3.05) is 0 Å². The predicted octanol–water partition coefficient (Wildman–Crippen LogP) is 3.80. The van der Waals surface area contributed by atoms with Crippen molar-refractivity contribution in [3.63, 3.8) is 0 Å². The van der Waals surface area contributed by atoms with Gasteiger partial charge in [0.1, 0.15) is 5.76 Å². The molecule has 0 saturated heterocycles. The fraction of sp³-hybridized carbons (Fsp3) is 0.333. The van der Waals surface area contributed by atoms with Gasteiger partial charge < -0.3 is 9.73 Å². The Kier molecular flexibility index (Phi) is 4.43. The maximum Gasteiger partial charge on any atom is 0.164 e. The van der Waals surface area contributed by atoms with Crippen molar-refractivity contribution >= 4 is 33.9 Å². The van der Waals surface area contributed by atoms with Crippen LogP contribution in [0.5, 0.6) is 0 Å². The third kappa shape index (κ3) is 3.09. The molecule has 4 heteroatoms. The van der Waals surface area contributed by atoms with Crippen LogP contribution in [0.3, 0.4) is 0 Å². The number of nitrogens with one attached hydrogen (secondary N) is 1. The van der Waals surface area contributed by atoms with E-state index in [9.17, 15) is 0 Å². The van der Waals surface area contributed by atoms with E-state index in [2.05, 4.69) is 46.3 Å². The average Bonchev–Trinajstić information content (AvgIpc) is 2.87. The molecule has 0 atom stereocenters. The molecule has 2 aromatic rings. The summed E-state index contributed by atoms with van der Waals surface area (Å²) in [6, 6.07) is 6.21. The van der Waals surface area contributed by atoms with Crippen LogP contribution in [-0.4, -0.2) is 0 Å². The molecule has 0 fully saturated rings. The Bertz CT molecular complexity index is 449. The molecule has 2 nitrogen and oxygen atoms in total. The Balaban J connectivity index is 1.84. The molecule has 0 aliphatic rings. The van der Waals surface area contributed by atoms with Crippen LogP contribution in [0.25, 0.3) is 0 Å². The van der Waals surface area contributed by atoms with Gasteiger partial charge in [0.15, 0.2) is 3.77 Å². The van der Waals surface area contributed by atoms with Crippen molar-refractivity contribution in [1.82, 2.24) is 5.32 Å². The Labute approximate surface area is 113 Å². The number of aryl methyl sites for hydroxylation is 1. The molecule has 0 bridgehead atoms. The predicted molar refractivity (Wildman–Crippen MR) is 75.7 cm³/mol. The van der Waals surface area contributed by atoms with Crippen molar-refractivity contribution in [1.29, 1.82) is 0 Å². The highest BCUT2D eigenvalue weighted by Gasteiger charge is 2.03. The van der Waals surface area contributed by atoms with Crippen LogP contribution in [0, 0.1) is 3.77 Å². The highest BCUT2D eigenvalue weighted by Crippen LogP contribution is 2.17. The largest absolute Gasteiger partial charge is 0.454 e. The fourth-order valence-electron chi connectivity index (χ4n) is 1.58. The number of halogens is 1. The van der Waals surface area contributed by atoms with E-state index in [0.29, 0.717) is 0 Å². The Morgan fingerprint density at radius 3 is 2.88 bits per heavy atom. The highest BCUT2D eigenvalue weighted by atomic mass is 127. The summed E-state index contributed by atoms with van der Waals surface area (Å²) in [5.74, 6) is 0.999. The molecular formula is C12H14INOS. The van der Waals surface area contributed by atoms with E-state index in [-0.39, 0.29) is 0 Å². The smallest absolute Gasteiger partial charge is 0.164 e. The zero-order valence-electron chi connectivity index (χ0n) is 9.13. The van der Waals surface area contributed by atoms with E-state index in [1.807, 2.05) is 23.5 Å². The van der Waals surface area contributed by atoms with E-state index in [4.69, 9.17) is 4.42 Å². The van der Waals surface area contributed by atoms with E-state index in [0.717, 1.165) is 29.0 Å². The lowest BCUT2D eigenvalue weighted by molar-refractivity contribution is 0.463. The lowest BCUT2D eigenvalue weighted by Crippen LogP contribution is -2.12. The van der Waals surface area contributed by atoms with Gasteiger partial charge in [0.2, 0.25) is 0 Å². The third-order valence-corrected chi connectivity index (χ3v) is 3.98. The first-order valence-corrected chi connectivity index (χ1v) is 7.25. The molecule has 2 heterocycles. The van der Waals surface area contributed by atoms with Gasteiger partial charge >= 0.3 is 0 Å². The summed E-state index contributed by atoms with van der Waals surface area (Å²) in [7, 11) is 0. The summed E-state index contributed by atoms with van der Waals surface area (Å²) in [4.78, 5) is 1.43. The van der Waals surface area contributed by atoms with Crippen LogP contribution in [-0.2, 0) is 19.5 Å². The fourth-order valence-corrected chi connectivity index (χ4v) is 2.99. The first-order valence-electron chi connectivity index (χ1n) is 5.29. The molecule has 2 aromatic heterocycles. The SMILES string of the molecule is CCc1ccsc1CNCc1ccc(I)o1. The van der Waals surface area contributed by atoms with E-state index < -0.39 is 0 Å². The van der Waals surface area contributed by atoms with Crippen molar-refractivity contribution in [2.24, 2.45) is 0 Å².